The van der Waals surface area contributed by atoms with Crippen molar-refractivity contribution in [2.75, 3.05) is 41.2 Å². The Labute approximate surface area is 161 Å². The maximum absolute atomic E-state index is 12.4. The predicted octanol–water partition coefficient (Wildman–Crippen LogP) is 2.52. The first kappa shape index (κ1) is 19.3. The van der Waals surface area contributed by atoms with Gasteiger partial charge in [0.1, 0.15) is 13.2 Å². The lowest BCUT2D eigenvalue weighted by molar-refractivity contribution is 0.0474. The number of benzene rings is 2. The van der Waals surface area contributed by atoms with Crippen molar-refractivity contribution in [1.82, 2.24) is 0 Å². The molecule has 0 fully saturated rings. The van der Waals surface area contributed by atoms with Crippen LogP contribution in [0.25, 0.3) is 0 Å². The first-order valence-electron chi connectivity index (χ1n) is 8.47. The number of methoxy groups -OCH3 is 3. The third-order valence-corrected chi connectivity index (χ3v) is 4.10. The quantitative estimate of drug-likeness (QED) is 0.528. The average Bonchev–Trinajstić information content (AvgIpc) is 2.75. The molecule has 28 heavy (non-hydrogen) atoms. The molecule has 8 nitrogen and oxygen atoms in total. The Hall–Kier alpha value is -3.42. The highest BCUT2D eigenvalue weighted by Crippen LogP contribution is 2.38. The van der Waals surface area contributed by atoms with E-state index in [1.165, 1.54) is 33.5 Å². The number of hydrogen-bond donors (Lipinski definition) is 0. The lowest BCUT2D eigenvalue weighted by Crippen LogP contribution is -2.17. The van der Waals surface area contributed by atoms with Gasteiger partial charge in [-0.3, -0.25) is 4.79 Å². The maximum Gasteiger partial charge on any atom is 0.338 e. The Bertz CT molecular complexity index is 865. The summed E-state index contributed by atoms with van der Waals surface area (Å²) in [4.78, 5) is 24.7. The van der Waals surface area contributed by atoms with Crippen LogP contribution in [0, 0.1) is 0 Å². The molecule has 0 radical (unpaired) electrons. The van der Waals surface area contributed by atoms with Gasteiger partial charge in [0.25, 0.3) is 0 Å². The molecule has 0 atom stereocenters. The van der Waals surface area contributed by atoms with E-state index in [1.807, 2.05) is 0 Å². The molecule has 0 aromatic heterocycles. The summed E-state index contributed by atoms with van der Waals surface area (Å²) in [7, 11) is 4.35. The minimum atomic E-state index is -0.690. The van der Waals surface area contributed by atoms with Crippen molar-refractivity contribution in [3.05, 3.63) is 41.5 Å². The SMILES string of the molecule is COc1cc(C(=O)OCC(=O)c2ccc3c(c2)OCCO3)cc(OC)c1OC. The van der Waals surface area contributed by atoms with Crippen LogP contribution in [-0.4, -0.2) is 52.9 Å². The summed E-state index contributed by atoms with van der Waals surface area (Å²) in [5, 5.41) is 0. The number of hydrogen-bond acceptors (Lipinski definition) is 8. The fourth-order valence-corrected chi connectivity index (χ4v) is 2.71. The summed E-state index contributed by atoms with van der Waals surface area (Å²) in [6.07, 6.45) is 0. The van der Waals surface area contributed by atoms with Crippen LogP contribution in [-0.2, 0) is 4.74 Å². The molecule has 148 valence electrons. The molecule has 0 aliphatic carbocycles. The molecule has 1 heterocycles. The second kappa shape index (κ2) is 8.51. The molecular formula is C20H20O8. The van der Waals surface area contributed by atoms with Crippen molar-refractivity contribution in [3.8, 4) is 28.7 Å². The Kier molecular flexibility index (Phi) is 5.88. The van der Waals surface area contributed by atoms with E-state index in [0.717, 1.165) is 0 Å². The zero-order chi connectivity index (χ0) is 20.1. The fraction of sp³-hybridized carbons (Fsp3) is 0.300. The number of rotatable bonds is 7. The molecule has 0 saturated carbocycles. The van der Waals surface area contributed by atoms with Gasteiger partial charge in [-0.1, -0.05) is 0 Å². The minimum absolute atomic E-state index is 0.171. The fourth-order valence-electron chi connectivity index (χ4n) is 2.71. The molecule has 8 heteroatoms. The van der Waals surface area contributed by atoms with Gasteiger partial charge < -0.3 is 28.4 Å². The van der Waals surface area contributed by atoms with Crippen molar-refractivity contribution in [1.29, 1.82) is 0 Å². The summed E-state index contributed by atoms with van der Waals surface area (Å²) in [5.41, 5.74) is 0.534. The molecular weight excluding hydrogens is 368 g/mol. The summed E-state index contributed by atoms with van der Waals surface area (Å²) < 4.78 is 31.7. The second-order valence-electron chi connectivity index (χ2n) is 5.77. The van der Waals surface area contributed by atoms with Crippen LogP contribution in [0.4, 0.5) is 0 Å². The van der Waals surface area contributed by atoms with Gasteiger partial charge in [0.15, 0.2) is 35.4 Å². The minimum Gasteiger partial charge on any atom is -0.493 e. The van der Waals surface area contributed by atoms with Gasteiger partial charge >= 0.3 is 5.97 Å². The van der Waals surface area contributed by atoms with Crippen molar-refractivity contribution >= 4 is 11.8 Å². The third kappa shape index (κ3) is 3.95. The average molecular weight is 388 g/mol. The molecule has 0 bridgehead atoms. The van der Waals surface area contributed by atoms with Gasteiger partial charge in [-0.05, 0) is 30.3 Å². The van der Waals surface area contributed by atoms with Crippen LogP contribution < -0.4 is 23.7 Å². The summed E-state index contributed by atoms with van der Waals surface area (Å²) in [6.45, 7) is 0.461. The zero-order valence-electron chi connectivity index (χ0n) is 15.8. The number of ketones is 1. The normalized spacial score (nSPS) is 12.1. The van der Waals surface area contributed by atoms with Crippen molar-refractivity contribution in [3.63, 3.8) is 0 Å². The van der Waals surface area contributed by atoms with E-state index in [2.05, 4.69) is 0 Å². The molecule has 1 aliphatic rings. The smallest absolute Gasteiger partial charge is 0.338 e. The molecule has 2 aromatic carbocycles. The number of fused-ring (bicyclic) bond motifs is 1. The van der Waals surface area contributed by atoms with Gasteiger partial charge in [-0.25, -0.2) is 4.79 Å². The molecule has 0 amide bonds. The number of carbonyl (C=O) groups is 2. The first-order valence-corrected chi connectivity index (χ1v) is 8.47. The largest absolute Gasteiger partial charge is 0.493 e. The van der Waals surface area contributed by atoms with Crippen LogP contribution in [0.5, 0.6) is 28.7 Å². The van der Waals surface area contributed by atoms with Crippen LogP contribution in [0.3, 0.4) is 0 Å². The molecule has 3 rings (SSSR count). The van der Waals surface area contributed by atoms with Crippen LogP contribution in [0.15, 0.2) is 30.3 Å². The van der Waals surface area contributed by atoms with Crippen molar-refractivity contribution < 1.29 is 38.0 Å². The van der Waals surface area contributed by atoms with E-state index in [9.17, 15) is 9.59 Å². The lowest BCUT2D eigenvalue weighted by Gasteiger charge is -2.18. The molecule has 0 unspecified atom stereocenters. The zero-order valence-corrected chi connectivity index (χ0v) is 15.8. The number of ether oxygens (including phenoxy) is 6. The number of Topliss-reactive ketones (excluding diaryl/α,β-unsaturated/α-hetero) is 1. The van der Waals surface area contributed by atoms with Crippen molar-refractivity contribution in [2.45, 2.75) is 0 Å². The van der Waals surface area contributed by atoms with E-state index in [4.69, 9.17) is 28.4 Å². The molecule has 0 saturated heterocycles. The van der Waals surface area contributed by atoms with Crippen molar-refractivity contribution in [2.24, 2.45) is 0 Å². The van der Waals surface area contributed by atoms with Crippen LogP contribution >= 0.6 is 0 Å². The lowest BCUT2D eigenvalue weighted by atomic mass is 10.1. The Balaban J connectivity index is 1.71. The van der Waals surface area contributed by atoms with E-state index >= 15 is 0 Å². The summed E-state index contributed by atoms with van der Waals surface area (Å²) in [6, 6.07) is 7.74. The third-order valence-electron chi connectivity index (χ3n) is 4.10. The van der Waals surface area contributed by atoms with E-state index in [1.54, 1.807) is 18.2 Å². The van der Waals surface area contributed by atoms with Gasteiger partial charge in [0, 0.05) is 5.56 Å². The Morgan fingerprint density at radius 1 is 0.857 bits per heavy atom. The van der Waals surface area contributed by atoms with Crippen LogP contribution in [0.1, 0.15) is 20.7 Å². The Morgan fingerprint density at radius 3 is 2.11 bits per heavy atom. The van der Waals surface area contributed by atoms with E-state index < -0.39 is 12.6 Å². The number of carbonyl (C=O) groups excluding carboxylic acids is 2. The molecule has 0 N–H and O–H groups in total. The number of esters is 1. The second-order valence-corrected chi connectivity index (χ2v) is 5.77. The monoisotopic (exact) mass is 388 g/mol. The van der Waals surface area contributed by atoms with Gasteiger partial charge in [0.05, 0.1) is 26.9 Å². The van der Waals surface area contributed by atoms with Gasteiger partial charge in [-0.2, -0.15) is 0 Å². The van der Waals surface area contributed by atoms with Gasteiger partial charge in [0.2, 0.25) is 5.75 Å². The van der Waals surface area contributed by atoms with E-state index in [-0.39, 0.29) is 11.3 Å². The molecule has 1 aliphatic heterocycles. The van der Waals surface area contributed by atoms with E-state index in [0.29, 0.717) is 47.5 Å². The van der Waals surface area contributed by atoms with Crippen LogP contribution in [0.2, 0.25) is 0 Å². The van der Waals surface area contributed by atoms with Gasteiger partial charge in [-0.15, -0.1) is 0 Å². The predicted molar refractivity (Wildman–Crippen MR) is 98.1 cm³/mol. The highest BCUT2D eigenvalue weighted by molar-refractivity contribution is 6.00. The molecule has 0 spiro atoms. The summed E-state index contributed by atoms with van der Waals surface area (Å²) >= 11 is 0. The highest BCUT2D eigenvalue weighted by atomic mass is 16.6. The molecule has 2 aromatic rings. The highest BCUT2D eigenvalue weighted by Gasteiger charge is 2.20. The Morgan fingerprint density at radius 2 is 1.50 bits per heavy atom. The maximum atomic E-state index is 12.4. The summed E-state index contributed by atoms with van der Waals surface area (Å²) in [5.74, 6) is 1.00. The standard InChI is InChI=1S/C20H20O8/c1-23-17-9-13(10-18(24-2)19(17)25-3)20(22)28-11-14(21)12-4-5-15-16(8-12)27-7-6-26-15/h4-5,8-10H,6-7,11H2,1-3H3. The first-order chi connectivity index (χ1) is 13.6. The topological polar surface area (TPSA) is 89.5 Å².